The fraction of sp³-hybridized carbons (Fsp3) is 0.250. The van der Waals surface area contributed by atoms with Crippen LogP contribution in [0.1, 0.15) is 23.6 Å². The number of carbonyl (C=O) groups excluding carboxylic acids is 1. The lowest BCUT2D eigenvalue weighted by Gasteiger charge is -2.12. The third-order valence-corrected chi connectivity index (χ3v) is 4.28. The Morgan fingerprint density at radius 1 is 1.11 bits per heavy atom. The maximum atomic E-state index is 12.6. The van der Waals surface area contributed by atoms with E-state index in [-0.39, 0.29) is 12.3 Å². The second-order valence-electron chi connectivity index (χ2n) is 6.52. The number of amides is 1. The van der Waals surface area contributed by atoms with Crippen LogP contribution in [0.15, 0.2) is 48.7 Å². The van der Waals surface area contributed by atoms with Crippen LogP contribution in [-0.2, 0) is 23.8 Å². The van der Waals surface area contributed by atoms with Gasteiger partial charge in [-0.25, -0.2) is 0 Å². The van der Waals surface area contributed by atoms with Crippen molar-refractivity contribution in [3.8, 4) is 0 Å². The van der Waals surface area contributed by atoms with E-state index < -0.39 is 17.8 Å². The summed E-state index contributed by atoms with van der Waals surface area (Å²) in [6.45, 7) is 1.43. The molecule has 1 amide bonds. The van der Waals surface area contributed by atoms with Crippen LogP contribution >= 0.6 is 0 Å². The number of carbonyl (C=O) groups is 1. The van der Waals surface area contributed by atoms with Crippen molar-refractivity contribution in [2.24, 2.45) is 0 Å². The van der Waals surface area contributed by atoms with Crippen molar-refractivity contribution in [1.82, 2.24) is 4.98 Å². The Balaban J connectivity index is 1.70. The average molecular weight is 376 g/mol. The number of aliphatic hydroxyl groups is 1. The van der Waals surface area contributed by atoms with Crippen molar-refractivity contribution in [2.75, 3.05) is 5.32 Å². The van der Waals surface area contributed by atoms with Crippen LogP contribution in [0.5, 0.6) is 0 Å². The smallest absolute Gasteiger partial charge is 0.392 e. The second kappa shape index (κ2) is 7.44. The van der Waals surface area contributed by atoms with Gasteiger partial charge >= 0.3 is 6.18 Å². The molecule has 3 aromatic rings. The molecule has 0 saturated carbocycles. The summed E-state index contributed by atoms with van der Waals surface area (Å²) in [6, 6.07) is 10.4. The third kappa shape index (κ3) is 4.68. The molecule has 0 fully saturated rings. The van der Waals surface area contributed by atoms with Gasteiger partial charge in [-0.3, -0.25) is 4.79 Å². The van der Waals surface area contributed by atoms with E-state index in [2.05, 4.69) is 10.3 Å². The van der Waals surface area contributed by atoms with Crippen molar-refractivity contribution in [3.05, 3.63) is 65.4 Å². The Bertz CT molecular complexity index is 946. The number of hydrogen-bond donors (Lipinski definition) is 3. The molecule has 0 bridgehead atoms. The molecule has 0 aliphatic rings. The van der Waals surface area contributed by atoms with Crippen LogP contribution in [0, 0.1) is 0 Å². The molecule has 0 spiro atoms. The van der Waals surface area contributed by atoms with E-state index >= 15 is 0 Å². The highest BCUT2D eigenvalue weighted by molar-refractivity contribution is 6.01. The molecule has 1 unspecified atom stereocenters. The largest absolute Gasteiger partial charge is 0.416 e. The fourth-order valence-corrected chi connectivity index (χ4v) is 3.03. The first kappa shape index (κ1) is 19.0. The summed E-state index contributed by atoms with van der Waals surface area (Å²) < 4.78 is 37.8. The minimum absolute atomic E-state index is 0.177. The van der Waals surface area contributed by atoms with E-state index in [4.69, 9.17) is 0 Å². The molecule has 0 aliphatic heterocycles. The van der Waals surface area contributed by atoms with Crippen molar-refractivity contribution in [1.29, 1.82) is 0 Å². The predicted molar refractivity (Wildman–Crippen MR) is 97.5 cm³/mol. The molecule has 0 aliphatic carbocycles. The van der Waals surface area contributed by atoms with Crippen molar-refractivity contribution < 1.29 is 23.1 Å². The monoisotopic (exact) mass is 376 g/mol. The quantitative estimate of drug-likeness (QED) is 0.622. The molecule has 27 heavy (non-hydrogen) atoms. The molecule has 1 heterocycles. The van der Waals surface area contributed by atoms with E-state index in [0.717, 1.165) is 28.6 Å². The highest BCUT2D eigenvalue weighted by Crippen LogP contribution is 2.29. The fourth-order valence-electron chi connectivity index (χ4n) is 3.03. The van der Waals surface area contributed by atoms with Gasteiger partial charge in [-0.15, -0.1) is 0 Å². The number of alkyl halides is 3. The zero-order valence-corrected chi connectivity index (χ0v) is 14.6. The van der Waals surface area contributed by atoms with Crippen molar-refractivity contribution in [2.45, 2.75) is 32.0 Å². The number of rotatable bonds is 5. The molecule has 0 radical (unpaired) electrons. The van der Waals surface area contributed by atoms with Crippen LogP contribution in [0.25, 0.3) is 10.9 Å². The highest BCUT2D eigenvalue weighted by Gasteiger charge is 2.29. The van der Waals surface area contributed by atoms with Crippen molar-refractivity contribution in [3.63, 3.8) is 0 Å². The summed E-state index contributed by atoms with van der Waals surface area (Å²) in [5.41, 5.74) is 2.32. The lowest BCUT2D eigenvalue weighted by atomic mass is 9.99. The number of halogens is 3. The number of H-pyrrole nitrogens is 1. The van der Waals surface area contributed by atoms with Gasteiger partial charge in [0.05, 0.1) is 17.4 Å². The number of aliphatic hydroxyl groups excluding tert-OH is 1. The summed E-state index contributed by atoms with van der Waals surface area (Å²) in [5, 5.41) is 13.9. The summed E-state index contributed by atoms with van der Waals surface area (Å²) in [7, 11) is 0. The highest BCUT2D eigenvalue weighted by atomic mass is 19.4. The first-order chi connectivity index (χ1) is 12.7. The van der Waals surface area contributed by atoms with Crippen LogP contribution < -0.4 is 5.32 Å². The lowest BCUT2D eigenvalue weighted by molar-refractivity contribution is -0.137. The minimum atomic E-state index is -4.37. The summed E-state index contributed by atoms with van der Waals surface area (Å²) >= 11 is 0. The molecule has 4 nitrogen and oxygen atoms in total. The van der Waals surface area contributed by atoms with Gasteiger partial charge in [0.2, 0.25) is 5.91 Å². The van der Waals surface area contributed by atoms with Crippen molar-refractivity contribution >= 4 is 22.5 Å². The van der Waals surface area contributed by atoms with Crippen LogP contribution in [0.2, 0.25) is 0 Å². The van der Waals surface area contributed by atoms with Gasteiger partial charge in [-0.05, 0) is 48.2 Å². The predicted octanol–water partition coefficient (Wildman–Crippen LogP) is 4.29. The van der Waals surface area contributed by atoms with E-state index in [1.165, 1.54) is 19.1 Å². The van der Waals surface area contributed by atoms with E-state index in [1.807, 2.05) is 18.2 Å². The number of nitrogens with one attached hydrogen (secondary N) is 2. The van der Waals surface area contributed by atoms with E-state index in [1.54, 1.807) is 6.20 Å². The van der Waals surface area contributed by atoms with E-state index in [0.29, 0.717) is 17.7 Å². The second-order valence-corrected chi connectivity index (χ2v) is 6.52. The minimum Gasteiger partial charge on any atom is -0.392 e. The SMILES string of the molecule is CC(=O)Nc1c[nH]c2ccc(CC(O)Cc3ccc(C(F)(F)F)cc3)cc12. The average Bonchev–Trinajstić information content (AvgIpc) is 2.96. The topological polar surface area (TPSA) is 65.1 Å². The number of fused-ring (bicyclic) bond motifs is 1. The third-order valence-electron chi connectivity index (χ3n) is 4.28. The molecule has 3 N–H and O–H groups in total. The first-order valence-electron chi connectivity index (χ1n) is 8.44. The summed E-state index contributed by atoms with van der Waals surface area (Å²) in [4.78, 5) is 14.3. The molecule has 1 aromatic heterocycles. The normalized spacial score (nSPS) is 12.9. The number of anilines is 1. The molecule has 2 aromatic carbocycles. The summed E-state index contributed by atoms with van der Waals surface area (Å²) in [5.74, 6) is -0.177. The lowest BCUT2D eigenvalue weighted by Crippen LogP contribution is -2.14. The number of aromatic amines is 1. The number of hydrogen-bond acceptors (Lipinski definition) is 2. The molecule has 0 saturated heterocycles. The van der Waals surface area contributed by atoms with Gasteiger partial charge in [0, 0.05) is 24.0 Å². The molecule has 3 rings (SSSR count). The maximum absolute atomic E-state index is 12.6. The number of benzene rings is 2. The van der Waals surface area contributed by atoms with E-state index in [9.17, 15) is 23.1 Å². The van der Waals surface area contributed by atoms with Gasteiger partial charge < -0.3 is 15.4 Å². The first-order valence-corrected chi connectivity index (χ1v) is 8.44. The van der Waals surface area contributed by atoms with Gasteiger partial charge in [-0.1, -0.05) is 18.2 Å². The van der Waals surface area contributed by atoms with Gasteiger partial charge in [0.15, 0.2) is 0 Å². The molecular weight excluding hydrogens is 357 g/mol. The van der Waals surface area contributed by atoms with Crippen LogP contribution in [0.4, 0.5) is 18.9 Å². The molecule has 1 atom stereocenters. The van der Waals surface area contributed by atoms with Gasteiger partial charge in [0.1, 0.15) is 0 Å². The Kier molecular flexibility index (Phi) is 5.23. The Hall–Kier alpha value is -2.80. The number of aromatic nitrogens is 1. The Morgan fingerprint density at radius 2 is 1.74 bits per heavy atom. The van der Waals surface area contributed by atoms with Crippen LogP contribution in [-0.4, -0.2) is 22.1 Å². The summed E-state index contributed by atoms with van der Waals surface area (Å²) in [6.07, 6.45) is -2.80. The Labute approximate surface area is 154 Å². The van der Waals surface area contributed by atoms with Gasteiger partial charge in [0.25, 0.3) is 0 Å². The van der Waals surface area contributed by atoms with Gasteiger partial charge in [-0.2, -0.15) is 13.2 Å². The molecule has 7 heteroatoms. The zero-order valence-electron chi connectivity index (χ0n) is 14.6. The zero-order chi connectivity index (χ0) is 19.6. The molecule has 142 valence electrons. The Morgan fingerprint density at radius 3 is 2.37 bits per heavy atom. The van der Waals surface area contributed by atoms with Crippen LogP contribution in [0.3, 0.4) is 0 Å². The maximum Gasteiger partial charge on any atom is 0.416 e. The standard InChI is InChI=1S/C20H19F3N2O2/c1-12(26)25-19-11-24-18-7-4-14(10-17(18)19)9-16(27)8-13-2-5-15(6-3-13)20(21,22)23/h2-7,10-11,16,24,27H,8-9H2,1H3,(H,25,26). The molecular formula is C20H19F3N2O2.